The molecule has 0 bridgehead atoms. The normalized spacial score (nSPS) is 12.8. The molecule has 2 rings (SSSR count). The molecule has 2 amide bonds. The third kappa shape index (κ3) is 11.4. The molecule has 0 fully saturated rings. The topological polar surface area (TPSA) is 135 Å². The van der Waals surface area contributed by atoms with Crippen molar-refractivity contribution in [1.29, 1.82) is 0 Å². The Bertz CT molecular complexity index is 1120. The van der Waals surface area contributed by atoms with Crippen LogP contribution in [-0.2, 0) is 14.3 Å². The molecule has 2 aromatic rings. The summed E-state index contributed by atoms with van der Waals surface area (Å²) in [7, 11) is 3.18. The number of amides is 2. The lowest BCUT2D eigenvalue weighted by atomic mass is 9.83. The minimum Gasteiger partial charge on any atom is -0.497 e. The zero-order chi connectivity index (χ0) is 29.0. The summed E-state index contributed by atoms with van der Waals surface area (Å²) in [4.78, 5) is 35.9. The van der Waals surface area contributed by atoms with Gasteiger partial charge in [0.15, 0.2) is 6.10 Å². The summed E-state index contributed by atoms with van der Waals surface area (Å²) >= 11 is 0. The van der Waals surface area contributed by atoms with Gasteiger partial charge in [-0.15, -0.1) is 0 Å². The molecule has 2 atom stereocenters. The van der Waals surface area contributed by atoms with Gasteiger partial charge < -0.3 is 34.7 Å². The van der Waals surface area contributed by atoms with Gasteiger partial charge in [0.1, 0.15) is 23.9 Å². The van der Waals surface area contributed by atoms with E-state index >= 15 is 0 Å². The highest BCUT2D eigenvalue weighted by molar-refractivity contribution is 5.83. The third-order valence-corrected chi connectivity index (χ3v) is 5.50. The minimum absolute atomic E-state index is 0.00752. The molecule has 0 spiro atoms. The fourth-order valence-corrected chi connectivity index (χ4v) is 3.93. The smallest absolute Gasteiger partial charge is 0.497 e. The number of hydrogen-bond acceptors (Lipinski definition) is 8. The van der Waals surface area contributed by atoms with Gasteiger partial charge in [-0.1, -0.05) is 52.0 Å². The van der Waals surface area contributed by atoms with E-state index in [0.29, 0.717) is 23.7 Å². The van der Waals surface area contributed by atoms with Crippen LogP contribution in [0.4, 0.5) is 9.59 Å². The van der Waals surface area contributed by atoms with Crippen LogP contribution in [0.5, 0.6) is 17.2 Å². The first kappa shape index (κ1) is 31.0. The van der Waals surface area contributed by atoms with Crippen LogP contribution in [0.3, 0.4) is 0 Å². The van der Waals surface area contributed by atoms with E-state index in [9.17, 15) is 14.4 Å². The Kier molecular flexibility index (Phi) is 11.7. The Morgan fingerprint density at radius 1 is 0.923 bits per heavy atom. The first-order valence-corrected chi connectivity index (χ1v) is 12.5. The molecule has 0 heterocycles. The van der Waals surface area contributed by atoms with Gasteiger partial charge in [-0.25, -0.2) is 9.59 Å². The van der Waals surface area contributed by atoms with Crippen LogP contribution < -0.4 is 25.3 Å². The van der Waals surface area contributed by atoms with Crippen molar-refractivity contribution in [2.24, 2.45) is 17.1 Å². The predicted molar refractivity (Wildman–Crippen MR) is 148 cm³/mol. The second-order valence-electron chi connectivity index (χ2n) is 10.1. The van der Waals surface area contributed by atoms with E-state index in [0.717, 1.165) is 11.1 Å². The Labute approximate surface area is 229 Å². The van der Waals surface area contributed by atoms with Crippen LogP contribution in [-0.4, -0.2) is 51.6 Å². The average molecular weight is 543 g/mol. The van der Waals surface area contributed by atoms with Gasteiger partial charge in [0, 0.05) is 12.0 Å². The highest BCUT2D eigenvalue weighted by Crippen LogP contribution is 2.27. The SMILES string of the molecule is COc1cc(C=Cc2ccc(OC(=O)OCCNC(=O)C(OC(N)=O)C(C)CC(C)(C)C)cc2)cc(OC)c1. The molecule has 2 aromatic carbocycles. The highest BCUT2D eigenvalue weighted by Gasteiger charge is 2.31. The maximum atomic E-state index is 12.5. The van der Waals surface area contributed by atoms with Gasteiger partial charge in [-0.3, -0.25) is 4.79 Å². The first-order valence-electron chi connectivity index (χ1n) is 12.5. The number of rotatable bonds is 12. The molecule has 0 aliphatic heterocycles. The quantitative estimate of drug-likeness (QED) is 0.165. The van der Waals surface area contributed by atoms with Crippen LogP contribution in [0.1, 0.15) is 45.2 Å². The molecule has 3 N–H and O–H groups in total. The number of carbonyl (C=O) groups is 3. The molecule has 0 aromatic heterocycles. The molecule has 10 nitrogen and oxygen atoms in total. The van der Waals surface area contributed by atoms with Crippen LogP contribution in [0.25, 0.3) is 12.2 Å². The van der Waals surface area contributed by atoms with Gasteiger partial charge in [-0.2, -0.15) is 0 Å². The predicted octanol–water partition coefficient (Wildman–Crippen LogP) is 5.04. The van der Waals surface area contributed by atoms with E-state index in [4.69, 9.17) is 29.4 Å². The molecule has 39 heavy (non-hydrogen) atoms. The molecule has 0 saturated heterocycles. The van der Waals surface area contributed by atoms with E-state index in [1.807, 2.05) is 52.0 Å². The fraction of sp³-hybridized carbons (Fsp3) is 0.414. The van der Waals surface area contributed by atoms with Crippen molar-refractivity contribution in [3.63, 3.8) is 0 Å². The number of benzene rings is 2. The standard InChI is InChI=1S/C29H38N2O8/c1-19(18-29(2,3)4)25(39-27(30)33)26(32)31-13-14-37-28(34)38-22-11-9-20(10-12-22)7-8-21-15-23(35-5)17-24(16-21)36-6/h7-12,15-17,19,25H,13-14,18H2,1-6H3,(H2,30,33)(H,31,32). The summed E-state index contributed by atoms with van der Waals surface area (Å²) in [6, 6.07) is 12.4. The summed E-state index contributed by atoms with van der Waals surface area (Å²) in [5.74, 6) is 0.891. The third-order valence-electron chi connectivity index (χ3n) is 5.50. The van der Waals surface area contributed by atoms with E-state index in [1.54, 1.807) is 44.6 Å². The summed E-state index contributed by atoms with van der Waals surface area (Å²) in [5.41, 5.74) is 6.84. The van der Waals surface area contributed by atoms with Crippen LogP contribution >= 0.6 is 0 Å². The number of ether oxygens (including phenoxy) is 5. The minimum atomic E-state index is -1.05. The Balaban J connectivity index is 1.82. The summed E-state index contributed by atoms with van der Waals surface area (Å²) in [5, 5.41) is 2.60. The Morgan fingerprint density at radius 2 is 1.51 bits per heavy atom. The van der Waals surface area contributed by atoms with E-state index in [2.05, 4.69) is 5.32 Å². The first-order chi connectivity index (χ1) is 18.4. The van der Waals surface area contributed by atoms with Crippen molar-refractivity contribution >= 4 is 30.3 Å². The molecular formula is C29H38N2O8. The van der Waals surface area contributed by atoms with Gasteiger partial charge in [0.05, 0.1) is 20.8 Å². The van der Waals surface area contributed by atoms with E-state index < -0.39 is 24.3 Å². The number of nitrogens with one attached hydrogen (secondary N) is 1. The maximum Gasteiger partial charge on any atom is 0.513 e. The summed E-state index contributed by atoms with van der Waals surface area (Å²) in [6.07, 6.45) is 1.45. The van der Waals surface area contributed by atoms with Crippen molar-refractivity contribution in [3.8, 4) is 17.2 Å². The van der Waals surface area contributed by atoms with E-state index in [1.165, 1.54) is 0 Å². The second-order valence-corrected chi connectivity index (χ2v) is 10.1. The van der Waals surface area contributed by atoms with Gasteiger partial charge in [0.2, 0.25) is 0 Å². The van der Waals surface area contributed by atoms with Crippen molar-refractivity contribution in [2.75, 3.05) is 27.4 Å². The van der Waals surface area contributed by atoms with Crippen LogP contribution in [0, 0.1) is 11.3 Å². The molecular weight excluding hydrogens is 504 g/mol. The molecule has 212 valence electrons. The largest absolute Gasteiger partial charge is 0.513 e. The number of methoxy groups -OCH3 is 2. The Morgan fingerprint density at radius 3 is 2.05 bits per heavy atom. The summed E-state index contributed by atoms with van der Waals surface area (Å²) < 4.78 is 25.8. The van der Waals surface area contributed by atoms with Gasteiger partial charge in [-0.05, 0) is 47.2 Å². The molecule has 10 heteroatoms. The van der Waals surface area contributed by atoms with Crippen molar-refractivity contribution in [1.82, 2.24) is 5.32 Å². The highest BCUT2D eigenvalue weighted by atomic mass is 16.7. The van der Waals surface area contributed by atoms with Gasteiger partial charge >= 0.3 is 12.2 Å². The molecule has 2 unspecified atom stereocenters. The van der Waals surface area contributed by atoms with Crippen molar-refractivity contribution < 1.29 is 38.1 Å². The van der Waals surface area contributed by atoms with Crippen molar-refractivity contribution in [3.05, 3.63) is 53.6 Å². The number of primary amides is 1. The number of hydrogen-bond donors (Lipinski definition) is 2. The van der Waals surface area contributed by atoms with Crippen molar-refractivity contribution in [2.45, 2.75) is 40.2 Å². The lowest BCUT2D eigenvalue weighted by Gasteiger charge is -2.28. The van der Waals surface area contributed by atoms with Crippen LogP contribution in [0.15, 0.2) is 42.5 Å². The summed E-state index contributed by atoms with van der Waals surface area (Å²) in [6.45, 7) is 7.74. The molecule has 0 radical (unpaired) electrons. The Hall–Kier alpha value is -4.21. The molecule has 0 aliphatic rings. The fourth-order valence-electron chi connectivity index (χ4n) is 3.93. The molecule has 0 aliphatic carbocycles. The maximum absolute atomic E-state index is 12.5. The lowest BCUT2D eigenvalue weighted by Crippen LogP contribution is -2.44. The zero-order valence-corrected chi connectivity index (χ0v) is 23.3. The number of nitrogens with two attached hydrogens (primary N) is 1. The monoisotopic (exact) mass is 542 g/mol. The van der Waals surface area contributed by atoms with Crippen LogP contribution in [0.2, 0.25) is 0 Å². The average Bonchev–Trinajstić information content (AvgIpc) is 2.87. The van der Waals surface area contributed by atoms with Gasteiger partial charge in [0.25, 0.3) is 5.91 Å². The molecule has 0 saturated carbocycles. The zero-order valence-electron chi connectivity index (χ0n) is 23.3. The van der Waals surface area contributed by atoms with E-state index in [-0.39, 0.29) is 24.5 Å². The second kappa shape index (κ2) is 14.7. The number of carbonyl (C=O) groups excluding carboxylic acids is 3. The lowest BCUT2D eigenvalue weighted by molar-refractivity contribution is -0.132.